The van der Waals surface area contributed by atoms with Crippen molar-refractivity contribution < 1.29 is 18.8 Å². The molecule has 0 aromatic carbocycles. The van der Waals surface area contributed by atoms with Gasteiger partial charge in [-0.2, -0.15) is 4.98 Å². The van der Waals surface area contributed by atoms with Crippen molar-refractivity contribution in [3.8, 4) is 0 Å². The first kappa shape index (κ1) is 20.0. The molecule has 29 heavy (non-hydrogen) atoms. The molecular weight excluding hydrogens is 372 g/mol. The lowest BCUT2D eigenvalue weighted by Crippen LogP contribution is -2.29. The van der Waals surface area contributed by atoms with Crippen LogP contribution in [0.25, 0.3) is 0 Å². The molecule has 0 bridgehead atoms. The second-order valence-corrected chi connectivity index (χ2v) is 7.80. The van der Waals surface area contributed by atoms with Gasteiger partial charge in [-0.05, 0) is 44.2 Å². The van der Waals surface area contributed by atoms with Crippen LogP contribution in [0, 0.1) is 12.8 Å². The maximum Gasteiger partial charge on any atom is 0.255 e. The van der Waals surface area contributed by atoms with Crippen LogP contribution in [0.2, 0.25) is 0 Å². The average Bonchev–Trinajstić information content (AvgIpc) is 3.42. The van der Waals surface area contributed by atoms with E-state index in [1.54, 1.807) is 12.3 Å². The van der Waals surface area contributed by atoms with Gasteiger partial charge in [0.15, 0.2) is 5.82 Å². The maximum absolute atomic E-state index is 12.7. The molecule has 1 amide bonds. The number of rotatable bonds is 7. The highest BCUT2D eigenvalue weighted by Crippen LogP contribution is 2.27. The second-order valence-electron chi connectivity index (χ2n) is 7.80. The number of aryl methyl sites for hydroxylation is 1. The Hall–Kier alpha value is -2.32. The van der Waals surface area contributed by atoms with Gasteiger partial charge in [-0.25, -0.2) is 0 Å². The van der Waals surface area contributed by atoms with E-state index in [-0.39, 0.29) is 11.8 Å². The number of pyridine rings is 1. The van der Waals surface area contributed by atoms with Crippen molar-refractivity contribution >= 4 is 5.91 Å². The van der Waals surface area contributed by atoms with Gasteiger partial charge in [0.2, 0.25) is 5.89 Å². The van der Waals surface area contributed by atoms with Crippen LogP contribution in [0.4, 0.5) is 0 Å². The van der Waals surface area contributed by atoms with Crippen molar-refractivity contribution in [3.05, 3.63) is 41.3 Å². The summed E-state index contributed by atoms with van der Waals surface area (Å²) in [6.07, 6.45) is 5.31. The Morgan fingerprint density at radius 3 is 3.00 bits per heavy atom. The third-order valence-corrected chi connectivity index (χ3v) is 5.71. The molecule has 0 aliphatic carbocycles. The van der Waals surface area contributed by atoms with Crippen molar-refractivity contribution in [1.29, 1.82) is 0 Å². The summed E-state index contributed by atoms with van der Waals surface area (Å²) in [4.78, 5) is 23.3. The summed E-state index contributed by atoms with van der Waals surface area (Å²) >= 11 is 0. The van der Waals surface area contributed by atoms with E-state index in [1.807, 2.05) is 17.9 Å². The molecule has 0 N–H and O–H groups in total. The van der Waals surface area contributed by atoms with Crippen molar-refractivity contribution in [2.45, 2.75) is 38.5 Å². The molecule has 1 unspecified atom stereocenters. The number of hydrogen-bond acceptors (Lipinski definition) is 7. The molecule has 156 valence electrons. The minimum atomic E-state index is 0.0133. The van der Waals surface area contributed by atoms with E-state index in [1.165, 1.54) is 0 Å². The standard InChI is InChI=1S/C21H28N4O4/c1-15-18(3-2-8-22-15)21(26)25-9-4-17(13-25)20-23-19(24-29-20)7-12-28-14-16-5-10-27-11-6-16/h2-3,8,16-17H,4-7,9-14H2,1H3. The highest BCUT2D eigenvalue weighted by atomic mass is 16.5. The molecule has 0 saturated carbocycles. The molecule has 4 rings (SSSR count). The van der Waals surface area contributed by atoms with Gasteiger partial charge in [-0.1, -0.05) is 5.16 Å². The van der Waals surface area contributed by atoms with Crippen LogP contribution < -0.4 is 0 Å². The zero-order valence-electron chi connectivity index (χ0n) is 16.9. The SMILES string of the molecule is Cc1ncccc1C(=O)N1CCC(c2nc(CCOCC3CCOCC3)no2)C1. The molecular formula is C21H28N4O4. The van der Waals surface area contributed by atoms with Gasteiger partial charge < -0.3 is 18.9 Å². The van der Waals surface area contributed by atoms with E-state index < -0.39 is 0 Å². The van der Waals surface area contributed by atoms with Gasteiger partial charge in [0.05, 0.1) is 18.1 Å². The first-order valence-electron chi connectivity index (χ1n) is 10.4. The predicted octanol–water partition coefficient (Wildman–Crippen LogP) is 2.39. The van der Waals surface area contributed by atoms with E-state index in [4.69, 9.17) is 14.0 Å². The van der Waals surface area contributed by atoms with Crippen molar-refractivity contribution in [2.75, 3.05) is 39.5 Å². The summed E-state index contributed by atoms with van der Waals surface area (Å²) in [5.74, 6) is 1.97. The fraction of sp³-hybridized carbons (Fsp3) is 0.619. The number of carbonyl (C=O) groups is 1. The molecule has 1 atom stereocenters. The van der Waals surface area contributed by atoms with Gasteiger partial charge in [0, 0.05) is 51.2 Å². The largest absolute Gasteiger partial charge is 0.381 e. The van der Waals surface area contributed by atoms with Gasteiger partial charge >= 0.3 is 0 Å². The predicted molar refractivity (Wildman–Crippen MR) is 105 cm³/mol. The van der Waals surface area contributed by atoms with E-state index >= 15 is 0 Å². The van der Waals surface area contributed by atoms with Crippen LogP contribution in [0.5, 0.6) is 0 Å². The van der Waals surface area contributed by atoms with Gasteiger partial charge in [-0.15, -0.1) is 0 Å². The number of carbonyl (C=O) groups excluding carboxylic acids is 1. The molecule has 2 fully saturated rings. The number of nitrogens with zero attached hydrogens (tertiary/aromatic N) is 4. The molecule has 8 heteroatoms. The average molecular weight is 400 g/mol. The lowest BCUT2D eigenvalue weighted by atomic mass is 10.0. The van der Waals surface area contributed by atoms with Crippen molar-refractivity contribution in [2.24, 2.45) is 5.92 Å². The van der Waals surface area contributed by atoms with Gasteiger partial charge in [0.25, 0.3) is 5.91 Å². The fourth-order valence-corrected chi connectivity index (χ4v) is 3.89. The van der Waals surface area contributed by atoms with E-state index in [2.05, 4.69) is 15.1 Å². The molecule has 2 aromatic heterocycles. The van der Waals surface area contributed by atoms with Crippen molar-refractivity contribution in [1.82, 2.24) is 20.0 Å². The monoisotopic (exact) mass is 400 g/mol. The summed E-state index contributed by atoms with van der Waals surface area (Å²) in [6.45, 7) is 6.16. The minimum absolute atomic E-state index is 0.0133. The highest BCUT2D eigenvalue weighted by molar-refractivity contribution is 5.95. The Kier molecular flexibility index (Phi) is 6.51. The van der Waals surface area contributed by atoms with E-state index in [0.29, 0.717) is 49.3 Å². The van der Waals surface area contributed by atoms with Crippen LogP contribution >= 0.6 is 0 Å². The number of aromatic nitrogens is 3. The highest BCUT2D eigenvalue weighted by Gasteiger charge is 2.32. The van der Waals surface area contributed by atoms with Crippen LogP contribution in [0.3, 0.4) is 0 Å². The number of ether oxygens (including phenoxy) is 2. The van der Waals surface area contributed by atoms with Crippen LogP contribution in [0.1, 0.15) is 52.9 Å². The fourth-order valence-electron chi connectivity index (χ4n) is 3.89. The summed E-state index contributed by atoms with van der Waals surface area (Å²) in [5.41, 5.74) is 1.41. The zero-order valence-corrected chi connectivity index (χ0v) is 16.9. The Balaban J connectivity index is 1.24. The number of hydrogen-bond donors (Lipinski definition) is 0. The van der Waals surface area contributed by atoms with E-state index in [0.717, 1.165) is 44.8 Å². The summed E-state index contributed by atoms with van der Waals surface area (Å²) in [5, 5.41) is 4.09. The molecule has 2 aromatic rings. The quantitative estimate of drug-likeness (QED) is 0.659. The van der Waals surface area contributed by atoms with Crippen LogP contribution in [0.15, 0.2) is 22.9 Å². The molecule has 2 aliphatic heterocycles. The Labute approximate surface area is 170 Å². The number of amides is 1. The molecule has 2 saturated heterocycles. The van der Waals surface area contributed by atoms with Crippen molar-refractivity contribution in [3.63, 3.8) is 0 Å². The lowest BCUT2D eigenvalue weighted by molar-refractivity contribution is 0.0211. The van der Waals surface area contributed by atoms with Crippen LogP contribution in [-0.2, 0) is 15.9 Å². The summed E-state index contributed by atoms with van der Waals surface area (Å²) < 4.78 is 16.6. The number of likely N-dealkylation sites (tertiary alicyclic amines) is 1. The first-order chi connectivity index (χ1) is 14.2. The minimum Gasteiger partial charge on any atom is -0.381 e. The lowest BCUT2D eigenvalue weighted by Gasteiger charge is -2.21. The third-order valence-electron chi connectivity index (χ3n) is 5.71. The Morgan fingerprint density at radius 1 is 1.31 bits per heavy atom. The third kappa shape index (κ3) is 5.00. The smallest absolute Gasteiger partial charge is 0.255 e. The zero-order chi connectivity index (χ0) is 20.1. The van der Waals surface area contributed by atoms with Crippen LogP contribution in [-0.4, -0.2) is 65.4 Å². The van der Waals surface area contributed by atoms with E-state index in [9.17, 15) is 4.79 Å². The first-order valence-corrected chi connectivity index (χ1v) is 10.4. The Morgan fingerprint density at radius 2 is 2.17 bits per heavy atom. The molecule has 4 heterocycles. The molecule has 0 spiro atoms. The Bertz CT molecular complexity index is 819. The summed E-state index contributed by atoms with van der Waals surface area (Å²) in [6, 6.07) is 3.62. The van der Waals surface area contributed by atoms with Gasteiger partial charge in [-0.3, -0.25) is 9.78 Å². The van der Waals surface area contributed by atoms with Gasteiger partial charge in [0.1, 0.15) is 0 Å². The maximum atomic E-state index is 12.7. The molecule has 0 radical (unpaired) electrons. The topological polar surface area (TPSA) is 90.6 Å². The summed E-state index contributed by atoms with van der Waals surface area (Å²) in [7, 11) is 0. The normalized spacial score (nSPS) is 20.3. The molecule has 8 nitrogen and oxygen atoms in total. The molecule has 2 aliphatic rings. The second kappa shape index (κ2) is 9.45.